The van der Waals surface area contributed by atoms with Gasteiger partial charge in [-0.2, -0.15) is 9.97 Å². The van der Waals surface area contributed by atoms with Crippen molar-refractivity contribution in [2.24, 2.45) is 0 Å². The zero-order valence-corrected chi connectivity index (χ0v) is 24.1. The van der Waals surface area contributed by atoms with Gasteiger partial charge in [0.2, 0.25) is 5.91 Å². The molecule has 8 rings (SSSR count). The Hall–Kier alpha value is -3.52. The summed E-state index contributed by atoms with van der Waals surface area (Å²) in [7, 11) is 0. The maximum atomic E-state index is 14.4. The van der Waals surface area contributed by atoms with E-state index in [1.54, 1.807) is 0 Å². The summed E-state index contributed by atoms with van der Waals surface area (Å²) in [5, 5.41) is 0.994. The number of hydrogen-bond donors (Lipinski definition) is 0. The minimum atomic E-state index is -0.803. The van der Waals surface area contributed by atoms with Gasteiger partial charge in [0, 0.05) is 31.4 Å². The Morgan fingerprint density at radius 2 is 2.00 bits per heavy atom. The lowest BCUT2D eigenvalue weighted by Crippen LogP contribution is -2.63. The first-order valence-electron chi connectivity index (χ1n) is 15.7. The average Bonchev–Trinajstić information content (AvgIpc) is 3.64. The molecule has 8 heteroatoms. The van der Waals surface area contributed by atoms with Crippen LogP contribution in [-0.4, -0.2) is 82.3 Å². The van der Waals surface area contributed by atoms with E-state index in [0.29, 0.717) is 25.6 Å². The molecular formula is C34H38FN5O2. The Bertz CT molecular complexity index is 1580. The number of anilines is 1. The fourth-order valence-corrected chi connectivity index (χ4v) is 8.50. The minimum absolute atomic E-state index is 0.00217. The molecule has 1 aliphatic carbocycles. The number of alkyl halides is 1. The van der Waals surface area contributed by atoms with Gasteiger partial charge in [0.25, 0.3) is 0 Å². The predicted molar refractivity (Wildman–Crippen MR) is 162 cm³/mol. The Morgan fingerprint density at radius 3 is 2.90 bits per heavy atom. The second kappa shape index (κ2) is 10.0. The highest BCUT2D eigenvalue weighted by atomic mass is 19.1. The van der Waals surface area contributed by atoms with Crippen molar-refractivity contribution < 1.29 is 13.9 Å². The Labute approximate surface area is 246 Å². The van der Waals surface area contributed by atoms with E-state index in [1.807, 2.05) is 4.90 Å². The van der Waals surface area contributed by atoms with Crippen molar-refractivity contribution in [1.82, 2.24) is 19.8 Å². The molecule has 4 fully saturated rings. The number of carbonyl (C=O) groups excluding carboxylic acids is 1. The summed E-state index contributed by atoms with van der Waals surface area (Å²) in [6.07, 6.45) is 8.77. The lowest BCUT2D eigenvalue weighted by molar-refractivity contribution is -0.127. The minimum Gasteiger partial charge on any atom is -0.461 e. The molecule has 42 heavy (non-hydrogen) atoms. The molecule has 0 bridgehead atoms. The maximum Gasteiger partial charge on any atom is 0.319 e. The Morgan fingerprint density at radius 1 is 1.10 bits per heavy atom. The van der Waals surface area contributed by atoms with Crippen LogP contribution >= 0.6 is 0 Å². The Balaban J connectivity index is 1.17. The van der Waals surface area contributed by atoms with Crippen LogP contribution in [0.5, 0.6) is 6.01 Å². The van der Waals surface area contributed by atoms with Crippen molar-refractivity contribution in [2.75, 3.05) is 37.7 Å². The number of benzene rings is 2. The molecule has 0 N–H and O–H groups in total. The zero-order chi connectivity index (χ0) is 28.4. The standard InChI is InChI=1S/C34H38FN5O2/c1-2-31(41)39-16-13-29-30(39)20-40(29)32-27-12-11-23(26-10-5-8-22-7-3-4-9-25(22)26)17-28(27)36-33(37-32)42-21-34-14-6-15-38(34)19-24(35)18-34/h2,5,8,10-12,17,24,29-30H,1,3-4,6-7,9,13-16,18-21H2/t24-,29-,30-,34+/m1/s1. The molecule has 0 spiro atoms. The number of carbonyl (C=O) groups is 1. The Kier molecular flexibility index (Phi) is 6.25. The first kappa shape index (κ1) is 26.1. The molecule has 2 aromatic carbocycles. The van der Waals surface area contributed by atoms with Gasteiger partial charge in [0.15, 0.2) is 0 Å². The second-order valence-electron chi connectivity index (χ2n) is 12.9. The van der Waals surface area contributed by atoms with Gasteiger partial charge >= 0.3 is 6.01 Å². The fourth-order valence-electron chi connectivity index (χ4n) is 8.50. The molecule has 4 aliphatic heterocycles. The van der Waals surface area contributed by atoms with Crippen LogP contribution in [-0.2, 0) is 17.6 Å². The van der Waals surface area contributed by atoms with Gasteiger partial charge in [-0.3, -0.25) is 9.69 Å². The monoisotopic (exact) mass is 567 g/mol. The molecule has 5 aliphatic rings. The average molecular weight is 568 g/mol. The van der Waals surface area contributed by atoms with Gasteiger partial charge in [0.1, 0.15) is 18.6 Å². The van der Waals surface area contributed by atoms with Gasteiger partial charge < -0.3 is 14.5 Å². The van der Waals surface area contributed by atoms with E-state index >= 15 is 0 Å². The van der Waals surface area contributed by atoms with Gasteiger partial charge in [0.05, 0.1) is 23.1 Å². The summed E-state index contributed by atoms with van der Waals surface area (Å²) in [6, 6.07) is 14.0. The molecule has 1 amide bonds. The van der Waals surface area contributed by atoms with E-state index < -0.39 is 6.17 Å². The summed E-state index contributed by atoms with van der Waals surface area (Å²) in [4.78, 5) is 28.9. The van der Waals surface area contributed by atoms with Crippen molar-refractivity contribution in [3.8, 4) is 17.1 Å². The van der Waals surface area contributed by atoms with E-state index in [9.17, 15) is 9.18 Å². The molecule has 0 radical (unpaired) electrons. The number of aromatic nitrogens is 2. The van der Waals surface area contributed by atoms with Crippen LogP contribution in [0, 0.1) is 0 Å². The van der Waals surface area contributed by atoms with Crippen molar-refractivity contribution in [2.45, 2.75) is 75.2 Å². The van der Waals surface area contributed by atoms with E-state index in [1.165, 1.54) is 41.2 Å². The SMILES string of the molecule is C=CC(=O)N1CC[C@@H]2[C@H]1CN2c1nc(OC[C@@]23CCCN2C[C@H](F)C3)nc2cc(-c3cccc4c3CCCC4)ccc12. The third-order valence-corrected chi connectivity index (χ3v) is 10.6. The molecule has 5 heterocycles. The summed E-state index contributed by atoms with van der Waals surface area (Å²) < 4.78 is 20.8. The number of rotatable bonds is 6. The number of halogens is 1. The van der Waals surface area contributed by atoms with Gasteiger partial charge in [-0.25, -0.2) is 4.39 Å². The normalized spacial score (nSPS) is 28.4. The topological polar surface area (TPSA) is 61.8 Å². The van der Waals surface area contributed by atoms with Crippen molar-refractivity contribution >= 4 is 22.6 Å². The van der Waals surface area contributed by atoms with Crippen molar-refractivity contribution in [1.29, 1.82) is 0 Å². The van der Waals surface area contributed by atoms with Crippen LogP contribution < -0.4 is 9.64 Å². The smallest absolute Gasteiger partial charge is 0.319 e. The number of nitrogens with zero attached hydrogens (tertiary/aromatic N) is 5. The predicted octanol–water partition coefficient (Wildman–Crippen LogP) is 5.11. The number of amides is 1. The largest absolute Gasteiger partial charge is 0.461 e. The van der Waals surface area contributed by atoms with Crippen LogP contribution in [0.15, 0.2) is 49.1 Å². The van der Waals surface area contributed by atoms with Crippen LogP contribution in [0.4, 0.5) is 10.2 Å². The highest BCUT2D eigenvalue weighted by molar-refractivity contribution is 5.94. The summed E-state index contributed by atoms with van der Waals surface area (Å²) in [6.45, 7) is 6.97. The number of hydrogen-bond acceptors (Lipinski definition) is 6. The third kappa shape index (κ3) is 4.13. The highest BCUT2D eigenvalue weighted by Crippen LogP contribution is 2.43. The second-order valence-corrected chi connectivity index (χ2v) is 12.9. The molecule has 4 saturated heterocycles. The van der Waals surface area contributed by atoms with Crippen molar-refractivity contribution in [3.63, 3.8) is 0 Å². The summed E-state index contributed by atoms with van der Waals surface area (Å²) in [5.74, 6) is 0.860. The highest BCUT2D eigenvalue weighted by Gasteiger charge is 2.50. The van der Waals surface area contributed by atoms with Gasteiger partial charge in [-0.1, -0.05) is 30.8 Å². The quantitative estimate of drug-likeness (QED) is 0.386. The molecule has 7 nitrogen and oxygen atoms in total. The van der Waals surface area contributed by atoms with Crippen LogP contribution in [0.25, 0.3) is 22.0 Å². The molecular weight excluding hydrogens is 529 g/mol. The third-order valence-electron chi connectivity index (χ3n) is 10.6. The molecule has 1 aromatic heterocycles. The maximum absolute atomic E-state index is 14.4. The molecule has 0 saturated carbocycles. The molecule has 218 valence electrons. The van der Waals surface area contributed by atoms with Crippen LogP contribution in [0.1, 0.15) is 49.7 Å². The lowest BCUT2D eigenvalue weighted by Gasteiger charge is -2.47. The molecule has 0 unspecified atom stereocenters. The van der Waals surface area contributed by atoms with E-state index in [2.05, 4.69) is 52.8 Å². The van der Waals surface area contributed by atoms with Gasteiger partial charge in [-0.15, -0.1) is 0 Å². The van der Waals surface area contributed by atoms with Crippen LogP contribution in [0.3, 0.4) is 0 Å². The zero-order valence-electron chi connectivity index (χ0n) is 24.1. The van der Waals surface area contributed by atoms with Crippen molar-refractivity contribution in [3.05, 3.63) is 60.2 Å². The van der Waals surface area contributed by atoms with E-state index in [-0.39, 0.29) is 23.5 Å². The van der Waals surface area contributed by atoms with Gasteiger partial charge in [-0.05, 0) is 92.0 Å². The van der Waals surface area contributed by atoms with E-state index in [4.69, 9.17) is 14.7 Å². The molecule has 3 aromatic rings. The van der Waals surface area contributed by atoms with Crippen LogP contribution in [0.2, 0.25) is 0 Å². The molecule has 4 atom stereocenters. The lowest BCUT2D eigenvalue weighted by atomic mass is 9.86. The fraction of sp³-hybridized carbons (Fsp3) is 0.500. The number of ether oxygens (including phenoxy) is 1. The summed E-state index contributed by atoms with van der Waals surface area (Å²) >= 11 is 0. The number of aryl methyl sites for hydroxylation is 1. The first-order valence-corrected chi connectivity index (χ1v) is 15.7. The number of fused-ring (bicyclic) bond motifs is 4. The first-order chi connectivity index (χ1) is 20.5. The summed E-state index contributed by atoms with van der Waals surface area (Å²) in [5.41, 5.74) is 5.97. The number of likely N-dealkylation sites (tertiary alicyclic amines) is 1. The van der Waals surface area contributed by atoms with E-state index in [0.717, 1.165) is 68.5 Å².